The van der Waals surface area contributed by atoms with Gasteiger partial charge in [-0.1, -0.05) is 60.7 Å². The summed E-state index contributed by atoms with van der Waals surface area (Å²) in [6.45, 7) is 5.90. The van der Waals surface area contributed by atoms with Gasteiger partial charge in [0.25, 0.3) is 0 Å². The molecule has 4 aromatic rings. The van der Waals surface area contributed by atoms with E-state index < -0.39 is 37.5 Å². The molecular formula is C50H62F8N6O2. The van der Waals surface area contributed by atoms with Crippen LogP contribution in [0.5, 0.6) is 0 Å². The Kier molecular flexibility index (Phi) is 16.3. The number of rotatable bonds is 16. The highest BCUT2D eigenvalue weighted by atomic mass is 19.4. The molecule has 0 radical (unpaired) electrons. The summed E-state index contributed by atoms with van der Waals surface area (Å²) in [4.78, 5) is 7.44. The lowest BCUT2D eigenvalue weighted by Gasteiger charge is -2.43. The summed E-state index contributed by atoms with van der Waals surface area (Å²) in [6, 6.07) is 25.4. The van der Waals surface area contributed by atoms with Crippen LogP contribution >= 0.6 is 0 Å². The molecule has 4 aromatic carbocycles. The molecule has 16 heteroatoms. The van der Waals surface area contributed by atoms with Gasteiger partial charge in [0, 0.05) is 62.7 Å². The number of aliphatic hydroxyl groups is 2. The first-order chi connectivity index (χ1) is 31.5. The lowest BCUT2D eigenvalue weighted by Crippen LogP contribution is -2.54. The number of anilines is 2. The molecule has 2 fully saturated rings. The molecule has 360 valence electrons. The van der Waals surface area contributed by atoms with Crippen molar-refractivity contribution in [1.29, 1.82) is 0 Å². The van der Waals surface area contributed by atoms with Crippen molar-refractivity contribution in [3.63, 3.8) is 0 Å². The van der Waals surface area contributed by atoms with E-state index in [2.05, 4.69) is 20.4 Å². The number of nitrogens with one attached hydrogen (secondary N) is 2. The van der Waals surface area contributed by atoms with Gasteiger partial charge in [-0.15, -0.1) is 0 Å². The monoisotopic (exact) mass is 930 g/mol. The van der Waals surface area contributed by atoms with E-state index in [0.29, 0.717) is 37.8 Å². The van der Waals surface area contributed by atoms with Crippen LogP contribution in [0.15, 0.2) is 84.9 Å². The summed E-state index contributed by atoms with van der Waals surface area (Å²) in [6.07, 6.45) is -6.47. The van der Waals surface area contributed by atoms with Crippen LogP contribution in [0.25, 0.3) is 0 Å². The fraction of sp³-hybridized carbons (Fsp3) is 0.520. The van der Waals surface area contributed by atoms with Crippen molar-refractivity contribution in [2.45, 2.75) is 101 Å². The van der Waals surface area contributed by atoms with Gasteiger partial charge in [-0.2, -0.15) is 26.3 Å². The van der Waals surface area contributed by atoms with E-state index in [0.717, 1.165) is 95.2 Å². The molecule has 0 bridgehead atoms. The summed E-state index contributed by atoms with van der Waals surface area (Å²) in [5.74, 6) is 0. The molecule has 4 aliphatic heterocycles. The Morgan fingerprint density at radius 3 is 1.23 bits per heavy atom. The Morgan fingerprint density at radius 1 is 0.545 bits per heavy atom. The average molecular weight is 931 g/mol. The second kappa shape index (κ2) is 21.8. The molecule has 4 heterocycles. The first kappa shape index (κ1) is 49.6. The smallest absolute Gasteiger partial charge is 0.392 e. The molecule has 0 aromatic heterocycles. The number of fused-ring (bicyclic) bond motifs is 2. The molecule has 8 rings (SSSR count). The second-order valence-electron chi connectivity index (χ2n) is 18.4. The van der Waals surface area contributed by atoms with Crippen molar-refractivity contribution in [3.8, 4) is 0 Å². The van der Waals surface area contributed by atoms with Gasteiger partial charge in [0.05, 0.1) is 63.8 Å². The van der Waals surface area contributed by atoms with Crippen molar-refractivity contribution in [2.24, 2.45) is 0 Å². The summed E-state index contributed by atoms with van der Waals surface area (Å²) in [7, 11) is 0. The molecule has 4 N–H and O–H groups in total. The van der Waals surface area contributed by atoms with Crippen molar-refractivity contribution < 1.29 is 45.3 Å². The predicted octanol–water partition coefficient (Wildman–Crippen LogP) is 9.07. The molecule has 8 nitrogen and oxygen atoms in total. The highest BCUT2D eigenvalue weighted by Gasteiger charge is 2.42. The largest absolute Gasteiger partial charge is 0.401 e. The number of halogens is 8. The lowest BCUT2D eigenvalue weighted by atomic mass is 9.84. The Labute approximate surface area is 382 Å². The van der Waals surface area contributed by atoms with E-state index >= 15 is 0 Å². The molecule has 0 unspecified atom stereocenters. The van der Waals surface area contributed by atoms with Crippen LogP contribution in [-0.4, -0.2) is 132 Å². The van der Waals surface area contributed by atoms with Gasteiger partial charge in [-0.05, 0) is 108 Å². The minimum Gasteiger partial charge on any atom is -0.392 e. The third-order valence-corrected chi connectivity index (χ3v) is 13.2. The summed E-state index contributed by atoms with van der Waals surface area (Å²) in [5.41, 5.74) is 8.71. The summed E-state index contributed by atoms with van der Waals surface area (Å²) < 4.78 is 105. The molecule has 0 saturated carbocycles. The van der Waals surface area contributed by atoms with Crippen LogP contribution in [-0.2, 0) is 26.1 Å². The van der Waals surface area contributed by atoms with Crippen LogP contribution in [0.1, 0.15) is 83.3 Å². The fourth-order valence-electron chi connectivity index (χ4n) is 10.0. The number of hydrogen-bond acceptors (Lipinski definition) is 8. The molecule has 66 heavy (non-hydrogen) atoms. The Hall–Kier alpha value is -4.32. The third kappa shape index (κ3) is 12.6. The van der Waals surface area contributed by atoms with Gasteiger partial charge in [-0.25, -0.2) is 0 Å². The van der Waals surface area contributed by atoms with Gasteiger partial charge < -0.3 is 20.8 Å². The summed E-state index contributed by atoms with van der Waals surface area (Å²) >= 11 is 0. The normalized spacial score (nSPS) is 22.1. The Morgan fingerprint density at radius 2 is 0.909 bits per heavy atom. The minimum absolute atomic E-state index is 0.0919. The van der Waals surface area contributed by atoms with Gasteiger partial charge in [0.15, 0.2) is 0 Å². The summed E-state index contributed by atoms with van der Waals surface area (Å²) in [5, 5.41) is 25.9. The zero-order valence-electron chi connectivity index (χ0n) is 37.6. The Balaban J connectivity index is 0.000000196. The van der Waals surface area contributed by atoms with Crippen LogP contribution in [0.3, 0.4) is 0 Å². The average Bonchev–Trinajstić information content (AvgIpc) is 3.25. The van der Waals surface area contributed by atoms with Crippen LogP contribution in [0, 0.1) is 0 Å². The fourth-order valence-corrected chi connectivity index (χ4v) is 10.0. The van der Waals surface area contributed by atoms with Gasteiger partial charge in [-0.3, -0.25) is 28.4 Å². The molecule has 0 aliphatic carbocycles. The van der Waals surface area contributed by atoms with Crippen LogP contribution < -0.4 is 10.6 Å². The topological polar surface area (TPSA) is 77.5 Å². The number of hydrogen-bond donors (Lipinski definition) is 4. The highest BCUT2D eigenvalue weighted by Crippen LogP contribution is 2.42. The molecule has 2 saturated heterocycles. The molecule has 0 amide bonds. The zero-order valence-corrected chi connectivity index (χ0v) is 37.6. The van der Waals surface area contributed by atoms with Gasteiger partial charge in [0.2, 0.25) is 0 Å². The van der Waals surface area contributed by atoms with Crippen molar-refractivity contribution in [1.82, 2.24) is 19.6 Å². The van der Waals surface area contributed by atoms with Gasteiger partial charge in [0.1, 0.15) is 0 Å². The van der Waals surface area contributed by atoms with Crippen molar-refractivity contribution >= 4 is 11.4 Å². The van der Waals surface area contributed by atoms with E-state index in [4.69, 9.17) is 0 Å². The maximum absolute atomic E-state index is 13.4. The molecular weight excluding hydrogens is 869 g/mol. The van der Waals surface area contributed by atoms with Crippen molar-refractivity contribution in [3.05, 3.63) is 129 Å². The van der Waals surface area contributed by atoms with E-state index in [1.54, 1.807) is 12.1 Å². The zero-order chi connectivity index (χ0) is 47.2. The first-order valence-corrected chi connectivity index (χ1v) is 22.9. The SMILES string of the molecule is C[C@@H]1Cc2cc(CO)ccc2[C@@H](c2ccc(NC3CN(CCCF)C3)cc2)N1CC(F)(F)F.C[C@H]1Cc2cc(CO)ccc2[C@H](c2ccc(NC3CN(CCCF)C3)cc2)N1CC(F)(F)F. The van der Waals surface area contributed by atoms with E-state index in [9.17, 15) is 45.3 Å². The standard InChI is InChI=1S/2C25H31F4N3O/c2*1-17-11-20-12-18(15-33)3-8-23(20)24(32(17)16-25(27,28)29)19-4-6-21(7-5-19)30-22-13-31(14-22)10-2-9-26/h2*3-8,12,17,22,24,30,33H,2,9-11,13-16H2,1H3/t2*17-,24-/m10/s1. The molecule has 4 atom stereocenters. The van der Waals surface area contributed by atoms with Crippen molar-refractivity contribution in [2.75, 3.05) is 76.3 Å². The predicted molar refractivity (Wildman–Crippen MR) is 242 cm³/mol. The number of alkyl halides is 8. The second-order valence-corrected chi connectivity index (χ2v) is 18.4. The molecule has 0 spiro atoms. The van der Waals surface area contributed by atoms with Crippen LogP contribution in [0.4, 0.5) is 46.5 Å². The quantitative estimate of drug-likeness (QED) is 0.0831. The number of aliphatic hydroxyl groups excluding tert-OH is 2. The van der Waals surface area contributed by atoms with E-state index in [1.807, 2.05) is 86.6 Å². The number of nitrogens with zero attached hydrogens (tertiary/aromatic N) is 4. The maximum Gasteiger partial charge on any atom is 0.401 e. The highest BCUT2D eigenvalue weighted by molar-refractivity contribution is 5.51. The van der Waals surface area contributed by atoms with E-state index in [1.165, 1.54) is 9.80 Å². The Bertz CT molecular complexity index is 2010. The number of benzene rings is 4. The van der Waals surface area contributed by atoms with E-state index in [-0.39, 0.29) is 38.6 Å². The maximum atomic E-state index is 13.4. The number of likely N-dealkylation sites (tertiary alicyclic amines) is 2. The first-order valence-electron chi connectivity index (χ1n) is 22.9. The van der Waals surface area contributed by atoms with Crippen LogP contribution in [0.2, 0.25) is 0 Å². The third-order valence-electron chi connectivity index (χ3n) is 13.2. The minimum atomic E-state index is -4.30. The molecule has 4 aliphatic rings. The van der Waals surface area contributed by atoms with Gasteiger partial charge >= 0.3 is 12.4 Å². The lowest BCUT2D eigenvalue weighted by molar-refractivity contribution is -0.156.